The molecule has 0 saturated heterocycles. The average Bonchev–Trinajstić information content (AvgIpc) is 2.89. The first-order valence-corrected chi connectivity index (χ1v) is 6.25. The van der Waals surface area contributed by atoms with Gasteiger partial charge in [-0.05, 0) is 42.8 Å². The van der Waals surface area contributed by atoms with Crippen LogP contribution in [-0.2, 0) is 16.1 Å². The van der Waals surface area contributed by atoms with Crippen LogP contribution in [0.1, 0.15) is 11.3 Å². The molecule has 20 heavy (non-hydrogen) atoms. The van der Waals surface area contributed by atoms with E-state index < -0.39 is 5.97 Å². The van der Waals surface area contributed by atoms with E-state index in [-0.39, 0.29) is 6.61 Å². The van der Waals surface area contributed by atoms with Crippen molar-refractivity contribution in [1.29, 1.82) is 0 Å². The molecule has 0 aliphatic rings. The number of furan rings is 1. The van der Waals surface area contributed by atoms with Crippen LogP contribution in [0.2, 0.25) is 0 Å². The fourth-order valence-electron chi connectivity index (χ4n) is 1.64. The molecule has 0 atom stereocenters. The largest absolute Gasteiger partial charge is 0.482 e. The fraction of sp³-hybridized carbons (Fsp3) is 0.267. The average molecular weight is 275 g/mol. The molecule has 0 aliphatic heterocycles. The van der Waals surface area contributed by atoms with E-state index in [0.29, 0.717) is 12.3 Å². The summed E-state index contributed by atoms with van der Waals surface area (Å²) < 4.78 is 15.1. The van der Waals surface area contributed by atoms with Crippen molar-refractivity contribution in [3.05, 3.63) is 47.9 Å². The van der Waals surface area contributed by atoms with Gasteiger partial charge in [-0.15, -0.1) is 0 Å². The maximum absolute atomic E-state index is 10.9. The zero-order valence-corrected chi connectivity index (χ0v) is 11.5. The lowest BCUT2D eigenvalue weighted by molar-refractivity contribution is -0.142. The topological polar surface area (TPSA) is 60.7 Å². The number of nitrogens with one attached hydrogen (secondary N) is 1. The lowest BCUT2D eigenvalue weighted by Gasteiger charge is -2.08. The second kappa shape index (κ2) is 6.65. The minimum Gasteiger partial charge on any atom is -0.482 e. The predicted octanol–water partition coefficient (Wildman–Crippen LogP) is 2.75. The molecule has 5 nitrogen and oxygen atoms in total. The highest BCUT2D eigenvalue weighted by atomic mass is 16.6. The van der Waals surface area contributed by atoms with Crippen LogP contribution in [0.25, 0.3) is 0 Å². The molecule has 106 valence electrons. The molecule has 1 N–H and O–H groups in total. The summed E-state index contributed by atoms with van der Waals surface area (Å²) >= 11 is 0. The van der Waals surface area contributed by atoms with Crippen molar-refractivity contribution < 1.29 is 18.7 Å². The highest BCUT2D eigenvalue weighted by molar-refractivity contribution is 5.70. The Bertz CT molecular complexity index is 560. The second-order valence-corrected chi connectivity index (χ2v) is 4.27. The van der Waals surface area contributed by atoms with E-state index in [1.165, 1.54) is 7.11 Å². The number of ether oxygens (including phenoxy) is 2. The summed E-state index contributed by atoms with van der Waals surface area (Å²) in [6, 6.07) is 9.27. The third kappa shape index (κ3) is 3.78. The summed E-state index contributed by atoms with van der Waals surface area (Å²) in [6.45, 7) is 2.54. The van der Waals surface area contributed by atoms with E-state index in [2.05, 4.69) is 10.1 Å². The van der Waals surface area contributed by atoms with Gasteiger partial charge in [-0.1, -0.05) is 0 Å². The number of anilines is 1. The first-order valence-electron chi connectivity index (χ1n) is 6.25. The van der Waals surface area contributed by atoms with Gasteiger partial charge in [-0.3, -0.25) is 0 Å². The number of esters is 1. The van der Waals surface area contributed by atoms with E-state index in [1.807, 2.05) is 25.1 Å². The molecule has 2 rings (SSSR count). The number of carbonyl (C=O) groups excluding carboxylic acids is 1. The molecule has 0 saturated carbocycles. The standard InChI is InChI=1S/C15H17NO4/c1-11-7-8-19-14(11)9-16-12-3-5-13(6-4-12)20-10-15(17)18-2/h3-8,16H,9-10H2,1-2H3. The van der Waals surface area contributed by atoms with Crippen LogP contribution in [0.15, 0.2) is 41.0 Å². The summed E-state index contributed by atoms with van der Waals surface area (Å²) in [5, 5.41) is 3.25. The molecule has 0 fully saturated rings. The van der Waals surface area contributed by atoms with Crippen molar-refractivity contribution in [3.8, 4) is 5.75 Å². The molecule has 0 aliphatic carbocycles. The Morgan fingerprint density at radius 3 is 2.60 bits per heavy atom. The molecular formula is C15H17NO4. The Labute approximate surface area is 117 Å². The van der Waals surface area contributed by atoms with Crippen LogP contribution in [0.3, 0.4) is 0 Å². The van der Waals surface area contributed by atoms with E-state index >= 15 is 0 Å². The quantitative estimate of drug-likeness (QED) is 0.821. The number of methoxy groups -OCH3 is 1. The van der Waals surface area contributed by atoms with Crippen molar-refractivity contribution in [1.82, 2.24) is 0 Å². The lowest BCUT2D eigenvalue weighted by atomic mass is 10.2. The normalized spacial score (nSPS) is 10.1. The van der Waals surface area contributed by atoms with Crippen LogP contribution < -0.4 is 10.1 Å². The van der Waals surface area contributed by atoms with Crippen LogP contribution >= 0.6 is 0 Å². The van der Waals surface area contributed by atoms with Gasteiger partial charge in [0.15, 0.2) is 6.61 Å². The van der Waals surface area contributed by atoms with Crippen LogP contribution in [0, 0.1) is 6.92 Å². The summed E-state index contributed by atoms with van der Waals surface area (Å²) in [7, 11) is 1.33. The number of aryl methyl sites for hydroxylation is 1. The van der Waals surface area contributed by atoms with E-state index in [0.717, 1.165) is 17.0 Å². The monoisotopic (exact) mass is 275 g/mol. The SMILES string of the molecule is COC(=O)COc1ccc(NCc2occc2C)cc1. The van der Waals surface area contributed by atoms with Gasteiger partial charge in [0, 0.05) is 5.69 Å². The number of hydrogen-bond acceptors (Lipinski definition) is 5. The zero-order chi connectivity index (χ0) is 14.4. The molecule has 0 spiro atoms. The molecule has 1 heterocycles. The molecular weight excluding hydrogens is 258 g/mol. The molecule has 2 aromatic rings. The number of hydrogen-bond donors (Lipinski definition) is 1. The highest BCUT2D eigenvalue weighted by Crippen LogP contribution is 2.17. The summed E-state index contributed by atoms with van der Waals surface area (Å²) in [5.41, 5.74) is 2.07. The number of benzene rings is 1. The van der Waals surface area contributed by atoms with Crippen LogP contribution in [0.4, 0.5) is 5.69 Å². The van der Waals surface area contributed by atoms with Gasteiger partial charge in [0.25, 0.3) is 0 Å². The van der Waals surface area contributed by atoms with E-state index in [1.54, 1.807) is 18.4 Å². The van der Waals surface area contributed by atoms with Crippen molar-refractivity contribution in [2.75, 3.05) is 19.0 Å². The van der Waals surface area contributed by atoms with Gasteiger partial charge < -0.3 is 19.2 Å². The first-order chi connectivity index (χ1) is 9.69. The molecule has 0 unspecified atom stereocenters. The minimum absolute atomic E-state index is 0.0884. The molecule has 1 aromatic heterocycles. The Morgan fingerprint density at radius 1 is 1.25 bits per heavy atom. The number of rotatable bonds is 6. The van der Waals surface area contributed by atoms with Crippen molar-refractivity contribution in [2.45, 2.75) is 13.5 Å². The molecule has 0 bridgehead atoms. The predicted molar refractivity (Wildman–Crippen MR) is 74.7 cm³/mol. The third-order valence-electron chi connectivity index (χ3n) is 2.86. The second-order valence-electron chi connectivity index (χ2n) is 4.27. The van der Waals surface area contributed by atoms with Crippen molar-refractivity contribution >= 4 is 11.7 Å². The first kappa shape index (κ1) is 14.0. The zero-order valence-electron chi connectivity index (χ0n) is 11.5. The maximum atomic E-state index is 10.9. The minimum atomic E-state index is -0.402. The van der Waals surface area contributed by atoms with Gasteiger partial charge in [0.1, 0.15) is 11.5 Å². The Balaban J connectivity index is 1.85. The summed E-state index contributed by atoms with van der Waals surface area (Å²) in [4.78, 5) is 10.9. The highest BCUT2D eigenvalue weighted by Gasteiger charge is 2.03. The Morgan fingerprint density at radius 2 is 2.00 bits per heavy atom. The molecule has 5 heteroatoms. The van der Waals surface area contributed by atoms with Gasteiger partial charge in [0.2, 0.25) is 0 Å². The molecule has 1 aromatic carbocycles. The summed E-state index contributed by atoms with van der Waals surface area (Å²) in [5.74, 6) is 1.13. The number of carbonyl (C=O) groups is 1. The van der Waals surface area contributed by atoms with Crippen LogP contribution in [0.5, 0.6) is 5.75 Å². The van der Waals surface area contributed by atoms with E-state index in [4.69, 9.17) is 9.15 Å². The lowest BCUT2D eigenvalue weighted by Crippen LogP contribution is -2.12. The summed E-state index contributed by atoms with van der Waals surface area (Å²) in [6.07, 6.45) is 1.68. The maximum Gasteiger partial charge on any atom is 0.343 e. The Hall–Kier alpha value is -2.43. The Kier molecular flexibility index (Phi) is 4.65. The van der Waals surface area contributed by atoms with Gasteiger partial charge in [-0.2, -0.15) is 0 Å². The van der Waals surface area contributed by atoms with Gasteiger partial charge >= 0.3 is 5.97 Å². The molecule has 0 radical (unpaired) electrons. The van der Waals surface area contributed by atoms with Crippen molar-refractivity contribution in [3.63, 3.8) is 0 Å². The third-order valence-corrected chi connectivity index (χ3v) is 2.86. The van der Waals surface area contributed by atoms with Crippen LogP contribution in [-0.4, -0.2) is 19.7 Å². The van der Waals surface area contributed by atoms with Crippen molar-refractivity contribution in [2.24, 2.45) is 0 Å². The van der Waals surface area contributed by atoms with E-state index in [9.17, 15) is 4.79 Å². The molecule has 0 amide bonds. The van der Waals surface area contributed by atoms with Gasteiger partial charge in [-0.25, -0.2) is 4.79 Å². The fourth-order valence-corrected chi connectivity index (χ4v) is 1.64. The van der Waals surface area contributed by atoms with Gasteiger partial charge in [0.05, 0.1) is 19.9 Å². The smallest absolute Gasteiger partial charge is 0.343 e.